The summed E-state index contributed by atoms with van der Waals surface area (Å²) < 4.78 is 0. The van der Waals surface area contributed by atoms with Crippen molar-refractivity contribution in [1.82, 2.24) is 0 Å². The molecule has 4 aromatic rings. The van der Waals surface area contributed by atoms with Gasteiger partial charge in [0.2, 0.25) is 11.8 Å². The average Bonchev–Trinajstić information content (AvgIpc) is 3.27. The molecule has 0 bridgehead atoms. The topological polar surface area (TPSA) is 82.0 Å². The van der Waals surface area contributed by atoms with Gasteiger partial charge < -0.3 is 10.6 Å². The molecule has 0 fully saturated rings. The number of nitrogens with zero attached hydrogens (tertiary/aromatic N) is 1. The van der Waals surface area contributed by atoms with Gasteiger partial charge in [-0.1, -0.05) is 66.2 Å². The van der Waals surface area contributed by atoms with Crippen LogP contribution < -0.4 is 10.6 Å². The van der Waals surface area contributed by atoms with Gasteiger partial charge in [0, 0.05) is 21.5 Å². The molecule has 5 nitrogen and oxygen atoms in total. The quantitative estimate of drug-likeness (QED) is 0.252. The Labute approximate surface area is 219 Å². The van der Waals surface area contributed by atoms with Crippen LogP contribution in [-0.2, 0) is 16.0 Å². The fraction of sp³-hybridized carbons (Fsp3) is 0.138. The summed E-state index contributed by atoms with van der Waals surface area (Å²) in [5.74, 6) is -0.285. The Kier molecular flexibility index (Phi) is 8.21. The Morgan fingerprint density at radius 1 is 1.00 bits per heavy atom. The Hall–Kier alpha value is -3.86. The van der Waals surface area contributed by atoms with E-state index in [0.29, 0.717) is 22.7 Å². The Balaban J connectivity index is 1.39. The Bertz CT molecular complexity index is 1410. The highest BCUT2D eigenvalue weighted by Gasteiger charge is 2.20. The lowest BCUT2D eigenvalue weighted by molar-refractivity contribution is -0.116. The molecule has 0 aliphatic carbocycles. The summed E-state index contributed by atoms with van der Waals surface area (Å²) in [5, 5.41) is 17.6. The zero-order chi connectivity index (χ0) is 25.5. The minimum absolute atomic E-state index is 0.0970. The lowest BCUT2D eigenvalue weighted by atomic mass is 10.0. The number of carbonyl (C=O) groups is 2. The highest BCUT2D eigenvalue weighted by Crippen LogP contribution is 2.36. The summed E-state index contributed by atoms with van der Waals surface area (Å²) in [4.78, 5) is 26.2. The molecule has 0 radical (unpaired) electrons. The molecule has 180 valence electrons. The third-order valence-corrected chi connectivity index (χ3v) is 7.50. The first-order valence-corrected chi connectivity index (χ1v) is 13.2. The molecule has 4 rings (SSSR count). The molecule has 2 amide bonds. The number of benzene rings is 3. The van der Waals surface area contributed by atoms with Gasteiger partial charge in [0.25, 0.3) is 0 Å². The van der Waals surface area contributed by atoms with E-state index in [0.717, 1.165) is 27.1 Å². The van der Waals surface area contributed by atoms with Crippen LogP contribution in [-0.4, -0.2) is 17.1 Å². The molecular formula is C29H25N3O2S2. The van der Waals surface area contributed by atoms with Gasteiger partial charge in [-0.15, -0.1) is 23.1 Å². The number of anilines is 2. The van der Waals surface area contributed by atoms with Crippen molar-refractivity contribution in [2.75, 3.05) is 10.6 Å². The molecule has 2 N–H and O–H groups in total. The molecule has 1 heterocycles. The second-order valence-electron chi connectivity index (χ2n) is 8.32. The van der Waals surface area contributed by atoms with E-state index < -0.39 is 5.25 Å². The van der Waals surface area contributed by atoms with Crippen LogP contribution in [0.5, 0.6) is 0 Å². The van der Waals surface area contributed by atoms with Gasteiger partial charge >= 0.3 is 0 Å². The number of hydrogen-bond donors (Lipinski definition) is 2. The van der Waals surface area contributed by atoms with Gasteiger partial charge in [0.1, 0.15) is 11.1 Å². The molecule has 1 aromatic heterocycles. The molecule has 36 heavy (non-hydrogen) atoms. The first-order chi connectivity index (χ1) is 17.4. The minimum Gasteiger partial charge on any atom is -0.326 e. The highest BCUT2D eigenvalue weighted by molar-refractivity contribution is 8.00. The van der Waals surface area contributed by atoms with Crippen molar-refractivity contribution < 1.29 is 9.59 Å². The molecule has 0 spiro atoms. The van der Waals surface area contributed by atoms with E-state index in [1.54, 1.807) is 0 Å². The van der Waals surface area contributed by atoms with Crippen LogP contribution in [0.3, 0.4) is 0 Å². The number of rotatable bonds is 8. The predicted molar refractivity (Wildman–Crippen MR) is 148 cm³/mol. The van der Waals surface area contributed by atoms with Crippen LogP contribution in [0.25, 0.3) is 11.1 Å². The van der Waals surface area contributed by atoms with Crippen LogP contribution in [0.4, 0.5) is 10.7 Å². The molecule has 1 atom stereocenters. The van der Waals surface area contributed by atoms with Crippen LogP contribution in [0.15, 0.2) is 89.1 Å². The smallest absolute Gasteiger partial charge is 0.238 e. The zero-order valence-corrected chi connectivity index (χ0v) is 21.6. The second kappa shape index (κ2) is 11.7. The van der Waals surface area contributed by atoms with Crippen molar-refractivity contribution in [1.29, 1.82) is 5.26 Å². The fourth-order valence-corrected chi connectivity index (χ4v) is 5.46. The molecule has 7 heteroatoms. The first kappa shape index (κ1) is 25.2. The maximum Gasteiger partial charge on any atom is 0.238 e. The van der Waals surface area contributed by atoms with Crippen LogP contribution >= 0.6 is 23.1 Å². The van der Waals surface area contributed by atoms with E-state index in [1.165, 1.54) is 23.1 Å². The van der Waals surface area contributed by atoms with Crippen molar-refractivity contribution in [3.05, 3.63) is 101 Å². The monoisotopic (exact) mass is 511 g/mol. The van der Waals surface area contributed by atoms with Crippen molar-refractivity contribution in [3.8, 4) is 17.2 Å². The number of nitrogens with one attached hydrogen (secondary N) is 2. The Morgan fingerprint density at radius 3 is 2.47 bits per heavy atom. The highest BCUT2D eigenvalue weighted by atomic mass is 32.2. The van der Waals surface area contributed by atoms with Crippen molar-refractivity contribution >= 4 is 45.6 Å². The molecular weight excluding hydrogens is 486 g/mol. The van der Waals surface area contributed by atoms with Crippen molar-refractivity contribution in [3.63, 3.8) is 0 Å². The molecule has 0 saturated carbocycles. The van der Waals surface area contributed by atoms with Gasteiger partial charge in [-0.05, 0) is 43.2 Å². The third kappa shape index (κ3) is 6.42. The van der Waals surface area contributed by atoms with E-state index in [1.807, 2.05) is 98.1 Å². The van der Waals surface area contributed by atoms with Gasteiger partial charge in [0.05, 0.1) is 17.2 Å². The summed E-state index contributed by atoms with van der Waals surface area (Å²) in [7, 11) is 0. The maximum absolute atomic E-state index is 12.9. The minimum atomic E-state index is -0.406. The number of amides is 2. The summed E-state index contributed by atoms with van der Waals surface area (Å²) in [6.45, 7) is 3.84. The second-order valence-corrected chi connectivity index (χ2v) is 10.6. The normalized spacial score (nSPS) is 11.4. The van der Waals surface area contributed by atoms with E-state index in [9.17, 15) is 14.9 Å². The SMILES string of the molecule is Cc1ccc(-c2csc(NC(=O)C(C)Sc3cccc(NC(=O)Cc4ccccc4)c3)c2C#N)cc1. The first-order valence-electron chi connectivity index (χ1n) is 11.4. The van der Waals surface area contributed by atoms with Crippen LogP contribution in [0.1, 0.15) is 23.6 Å². The number of thioether (sulfide) groups is 1. The van der Waals surface area contributed by atoms with E-state index >= 15 is 0 Å². The Morgan fingerprint density at radius 2 is 1.75 bits per heavy atom. The fourth-order valence-electron chi connectivity index (χ4n) is 3.61. The van der Waals surface area contributed by atoms with Gasteiger partial charge in [0.15, 0.2) is 0 Å². The van der Waals surface area contributed by atoms with Crippen LogP contribution in [0.2, 0.25) is 0 Å². The van der Waals surface area contributed by atoms with E-state index in [4.69, 9.17) is 0 Å². The van der Waals surface area contributed by atoms with E-state index in [2.05, 4.69) is 16.7 Å². The van der Waals surface area contributed by atoms with Gasteiger partial charge in [-0.2, -0.15) is 5.26 Å². The number of nitriles is 1. The molecule has 3 aromatic carbocycles. The van der Waals surface area contributed by atoms with E-state index in [-0.39, 0.29) is 11.8 Å². The standard InChI is InChI=1S/C29H25N3O2S2/c1-19-11-13-22(14-12-19)26-18-35-29(25(26)17-30)32-28(34)20(2)36-24-10-6-9-23(16-24)31-27(33)15-21-7-4-3-5-8-21/h3-14,16,18,20H,15H2,1-2H3,(H,31,33)(H,32,34). The van der Waals surface area contributed by atoms with Crippen molar-refractivity contribution in [2.24, 2.45) is 0 Å². The molecule has 0 saturated heterocycles. The van der Waals surface area contributed by atoms with Crippen molar-refractivity contribution in [2.45, 2.75) is 30.4 Å². The molecule has 0 aliphatic rings. The zero-order valence-electron chi connectivity index (χ0n) is 19.9. The average molecular weight is 512 g/mol. The molecule has 0 aliphatic heterocycles. The number of thiophene rings is 1. The van der Waals surface area contributed by atoms with Gasteiger partial charge in [-0.25, -0.2) is 0 Å². The lowest BCUT2D eigenvalue weighted by Crippen LogP contribution is -2.22. The van der Waals surface area contributed by atoms with Gasteiger partial charge in [-0.3, -0.25) is 9.59 Å². The van der Waals surface area contributed by atoms with Crippen LogP contribution in [0, 0.1) is 18.3 Å². The summed E-state index contributed by atoms with van der Waals surface area (Å²) >= 11 is 2.74. The maximum atomic E-state index is 12.9. The summed E-state index contributed by atoms with van der Waals surface area (Å²) in [6, 6.07) is 27.2. The number of aryl methyl sites for hydroxylation is 1. The number of carbonyl (C=O) groups excluding carboxylic acids is 2. The summed E-state index contributed by atoms with van der Waals surface area (Å²) in [5.41, 5.74) is 5.01. The third-order valence-electron chi connectivity index (χ3n) is 5.51. The lowest BCUT2D eigenvalue weighted by Gasteiger charge is -2.13. The number of hydrogen-bond acceptors (Lipinski definition) is 5. The largest absolute Gasteiger partial charge is 0.326 e. The summed E-state index contributed by atoms with van der Waals surface area (Å²) in [6.07, 6.45) is 0.295. The predicted octanol–water partition coefficient (Wildman–Crippen LogP) is 6.90. The molecule has 1 unspecified atom stereocenters.